The Balaban J connectivity index is 2.89. The van der Waals surface area contributed by atoms with Crippen LogP contribution >= 0.6 is 0 Å². The summed E-state index contributed by atoms with van der Waals surface area (Å²) in [6.07, 6.45) is 3.31. The number of para-hydroxylation sites is 1. The predicted molar refractivity (Wildman–Crippen MR) is 57.3 cm³/mol. The molecule has 1 aromatic rings. The van der Waals surface area contributed by atoms with Crippen LogP contribution in [-0.4, -0.2) is 12.4 Å². The largest absolute Gasteiger partial charge is 0.493 e. The van der Waals surface area contributed by atoms with Crippen molar-refractivity contribution in [2.45, 2.75) is 13.8 Å². The van der Waals surface area contributed by atoms with Crippen molar-refractivity contribution in [1.29, 1.82) is 0 Å². The van der Waals surface area contributed by atoms with Crippen molar-refractivity contribution in [3.8, 4) is 5.75 Å². The molecule has 1 aromatic carbocycles. The minimum atomic E-state index is 0.0382. The van der Waals surface area contributed by atoms with Crippen molar-refractivity contribution in [2.75, 3.05) is 6.61 Å². The van der Waals surface area contributed by atoms with Gasteiger partial charge in [-0.2, -0.15) is 0 Å². The minimum Gasteiger partial charge on any atom is -0.493 e. The summed E-state index contributed by atoms with van der Waals surface area (Å²) in [5, 5.41) is 0. The molecule has 1 rings (SSSR count). The summed E-state index contributed by atoms with van der Waals surface area (Å²) < 4.78 is 5.41. The normalized spacial score (nSPS) is 10.4. The van der Waals surface area contributed by atoms with Gasteiger partial charge in [0.25, 0.3) is 0 Å². The van der Waals surface area contributed by atoms with Crippen LogP contribution in [0, 0.1) is 0 Å². The highest BCUT2D eigenvalue weighted by Crippen LogP contribution is 2.19. The second-order valence-electron chi connectivity index (χ2n) is 2.91. The van der Waals surface area contributed by atoms with E-state index in [-0.39, 0.29) is 5.78 Å². The van der Waals surface area contributed by atoms with Gasteiger partial charge < -0.3 is 4.74 Å². The molecule has 0 heterocycles. The van der Waals surface area contributed by atoms with Crippen molar-refractivity contribution < 1.29 is 9.53 Å². The fraction of sp³-hybridized carbons (Fsp3) is 0.250. The van der Waals surface area contributed by atoms with Crippen LogP contribution in [0.3, 0.4) is 0 Å². The van der Waals surface area contributed by atoms with E-state index in [0.717, 1.165) is 11.3 Å². The molecule has 0 aliphatic carbocycles. The molecule has 0 spiro atoms. The average molecular weight is 190 g/mol. The first-order valence-corrected chi connectivity index (χ1v) is 4.64. The van der Waals surface area contributed by atoms with E-state index in [1.54, 1.807) is 6.08 Å². The molecule has 2 nitrogen and oxygen atoms in total. The number of carbonyl (C=O) groups excluding carboxylic acids is 1. The topological polar surface area (TPSA) is 26.3 Å². The Kier molecular flexibility index (Phi) is 3.92. The molecule has 0 fully saturated rings. The lowest BCUT2D eigenvalue weighted by atomic mass is 10.2. The molecule has 0 aliphatic heterocycles. The summed E-state index contributed by atoms with van der Waals surface area (Å²) in [7, 11) is 0. The van der Waals surface area contributed by atoms with Gasteiger partial charge in [0.1, 0.15) is 5.75 Å². The molecular weight excluding hydrogens is 176 g/mol. The Labute approximate surface area is 84.2 Å². The second kappa shape index (κ2) is 5.22. The summed E-state index contributed by atoms with van der Waals surface area (Å²) in [5.41, 5.74) is 0.935. The lowest BCUT2D eigenvalue weighted by molar-refractivity contribution is -0.112. The van der Waals surface area contributed by atoms with E-state index in [2.05, 4.69) is 0 Å². The van der Waals surface area contributed by atoms with E-state index < -0.39 is 0 Å². The summed E-state index contributed by atoms with van der Waals surface area (Å²) in [6, 6.07) is 7.65. The molecule has 0 amide bonds. The van der Waals surface area contributed by atoms with Crippen LogP contribution in [0.5, 0.6) is 5.75 Å². The Hall–Kier alpha value is -1.57. The van der Waals surface area contributed by atoms with Crippen molar-refractivity contribution in [3.63, 3.8) is 0 Å². The van der Waals surface area contributed by atoms with Gasteiger partial charge in [0.2, 0.25) is 0 Å². The zero-order valence-electron chi connectivity index (χ0n) is 8.49. The lowest BCUT2D eigenvalue weighted by Crippen LogP contribution is -1.93. The number of rotatable bonds is 4. The molecule has 0 N–H and O–H groups in total. The van der Waals surface area contributed by atoms with Gasteiger partial charge in [-0.25, -0.2) is 0 Å². The Morgan fingerprint density at radius 2 is 2.14 bits per heavy atom. The monoisotopic (exact) mass is 190 g/mol. The molecule has 74 valence electrons. The molecular formula is C12H14O2. The van der Waals surface area contributed by atoms with Gasteiger partial charge in [-0.05, 0) is 32.1 Å². The van der Waals surface area contributed by atoms with Gasteiger partial charge >= 0.3 is 0 Å². The standard InChI is InChI=1S/C12H14O2/c1-3-14-12-7-5-4-6-11(12)9-8-10(2)13/h4-9H,3H2,1-2H3/b9-8+. The highest BCUT2D eigenvalue weighted by molar-refractivity contribution is 5.91. The number of hydrogen-bond acceptors (Lipinski definition) is 2. The fourth-order valence-corrected chi connectivity index (χ4v) is 1.11. The van der Waals surface area contributed by atoms with E-state index in [4.69, 9.17) is 4.74 Å². The Morgan fingerprint density at radius 1 is 1.43 bits per heavy atom. The van der Waals surface area contributed by atoms with Gasteiger partial charge in [-0.1, -0.05) is 18.2 Å². The molecule has 0 aliphatic rings. The maximum Gasteiger partial charge on any atom is 0.152 e. The first-order valence-electron chi connectivity index (χ1n) is 4.64. The number of ether oxygens (including phenoxy) is 1. The number of hydrogen-bond donors (Lipinski definition) is 0. The van der Waals surface area contributed by atoms with Gasteiger partial charge in [-0.15, -0.1) is 0 Å². The molecule has 0 aromatic heterocycles. The quantitative estimate of drug-likeness (QED) is 0.682. The Bertz CT molecular complexity index is 340. The van der Waals surface area contributed by atoms with Crippen LogP contribution in [-0.2, 0) is 4.79 Å². The zero-order chi connectivity index (χ0) is 10.4. The smallest absolute Gasteiger partial charge is 0.152 e. The highest BCUT2D eigenvalue weighted by atomic mass is 16.5. The van der Waals surface area contributed by atoms with E-state index >= 15 is 0 Å². The summed E-state index contributed by atoms with van der Waals surface area (Å²) >= 11 is 0. The molecule has 2 heteroatoms. The van der Waals surface area contributed by atoms with Crippen LogP contribution in [0.2, 0.25) is 0 Å². The van der Waals surface area contributed by atoms with E-state index in [0.29, 0.717) is 6.61 Å². The maximum absolute atomic E-state index is 10.8. The average Bonchev–Trinajstić information content (AvgIpc) is 2.17. The van der Waals surface area contributed by atoms with Gasteiger partial charge in [0, 0.05) is 5.56 Å². The first-order chi connectivity index (χ1) is 6.74. The van der Waals surface area contributed by atoms with Gasteiger partial charge in [0.15, 0.2) is 5.78 Å². The van der Waals surface area contributed by atoms with E-state index in [1.807, 2.05) is 31.2 Å². The van der Waals surface area contributed by atoms with Crippen LogP contribution in [0.1, 0.15) is 19.4 Å². The lowest BCUT2D eigenvalue weighted by Gasteiger charge is -2.05. The maximum atomic E-state index is 10.8. The number of allylic oxidation sites excluding steroid dienone is 1. The third-order valence-electron chi connectivity index (χ3n) is 1.72. The van der Waals surface area contributed by atoms with Crippen molar-refractivity contribution in [1.82, 2.24) is 0 Å². The third kappa shape index (κ3) is 3.05. The predicted octanol–water partition coefficient (Wildman–Crippen LogP) is 2.69. The summed E-state index contributed by atoms with van der Waals surface area (Å²) in [5.74, 6) is 0.851. The molecule has 0 unspecified atom stereocenters. The molecule has 0 saturated carbocycles. The number of ketones is 1. The SMILES string of the molecule is CCOc1ccccc1/C=C/C(C)=O. The fourth-order valence-electron chi connectivity index (χ4n) is 1.11. The first kappa shape index (κ1) is 10.5. The summed E-state index contributed by atoms with van der Waals surface area (Å²) in [4.78, 5) is 10.8. The molecule has 14 heavy (non-hydrogen) atoms. The van der Waals surface area contributed by atoms with Crippen molar-refractivity contribution >= 4 is 11.9 Å². The van der Waals surface area contributed by atoms with Crippen molar-refractivity contribution in [2.24, 2.45) is 0 Å². The molecule has 0 bridgehead atoms. The summed E-state index contributed by atoms with van der Waals surface area (Å²) in [6.45, 7) is 4.09. The minimum absolute atomic E-state index is 0.0382. The molecule has 0 saturated heterocycles. The molecule has 0 atom stereocenters. The third-order valence-corrected chi connectivity index (χ3v) is 1.72. The molecule has 0 radical (unpaired) electrons. The second-order valence-corrected chi connectivity index (χ2v) is 2.91. The van der Waals surface area contributed by atoms with Crippen LogP contribution in [0.15, 0.2) is 30.3 Å². The van der Waals surface area contributed by atoms with Gasteiger partial charge in [-0.3, -0.25) is 4.79 Å². The van der Waals surface area contributed by atoms with E-state index in [9.17, 15) is 4.79 Å². The van der Waals surface area contributed by atoms with Crippen LogP contribution in [0.4, 0.5) is 0 Å². The van der Waals surface area contributed by atoms with Gasteiger partial charge in [0.05, 0.1) is 6.61 Å². The Morgan fingerprint density at radius 3 is 2.79 bits per heavy atom. The van der Waals surface area contributed by atoms with Crippen molar-refractivity contribution in [3.05, 3.63) is 35.9 Å². The van der Waals surface area contributed by atoms with E-state index in [1.165, 1.54) is 13.0 Å². The highest BCUT2D eigenvalue weighted by Gasteiger charge is 1.97. The van der Waals surface area contributed by atoms with Crippen LogP contribution in [0.25, 0.3) is 6.08 Å². The number of benzene rings is 1. The zero-order valence-corrected chi connectivity index (χ0v) is 8.49. The number of carbonyl (C=O) groups is 1. The van der Waals surface area contributed by atoms with Crippen LogP contribution < -0.4 is 4.74 Å².